The Labute approximate surface area is 134 Å². The molecule has 0 unspecified atom stereocenters. The molecule has 1 aromatic heterocycles. The summed E-state index contributed by atoms with van der Waals surface area (Å²) in [6.07, 6.45) is 3.29. The van der Waals surface area contributed by atoms with Crippen molar-refractivity contribution in [3.8, 4) is 5.88 Å². The highest BCUT2D eigenvalue weighted by Gasteiger charge is 2.22. The first-order valence-corrected chi connectivity index (χ1v) is 7.70. The Morgan fingerprint density at radius 2 is 1.87 bits per heavy atom. The Morgan fingerprint density at radius 3 is 2.57 bits per heavy atom. The van der Waals surface area contributed by atoms with Crippen molar-refractivity contribution in [2.45, 2.75) is 25.9 Å². The van der Waals surface area contributed by atoms with Gasteiger partial charge in [0, 0.05) is 13.1 Å². The second-order valence-electron chi connectivity index (χ2n) is 5.47. The van der Waals surface area contributed by atoms with Crippen LogP contribution in [0.15, 0.2) is 35.5 Å². The lowest BCUT2D eigenvalue weighted by Crippen LogP contribution is -2.30. The second kappa shape index (κ2) is 7.04. The molecular weight excluding hydrogens is 294 g/mol. The van der Waals surface area contributed by atoms with Gasteiger partial charge >= 0.3 is 0 Å². The highest BCUT2D eigenvalue weighted by atomic mass is 16.5. The lowest BCUT2D eigenvalue weighted by molar-refractivity contribution is 0.295. The van der Waals surface area contributed by atoms with Gasteiger partial charge in [-0.2, -0.15) is 9.97 Å². The molecule has 0 bridgehead atoms. The summed E-state index contributed by atoms with van der Waals surface area (Å²) >= 11 is 0. The van der Waals surface area contributed by atoms with Crippen LogP contribution >= 0.6 is 0 Å². The molecule has 0 radical (unpaired) electrons. The van der Waals surface area contributed by atoms with Gasteiger partial charge in [-0.15, -0.1) is 4.91 Å². The third-order valence-electron chi connectivity index (χ3n) is 3.82. The van der Waals surface area contributed by atoms with Crippen molar-refractivity contribution < 1.29 is 4.74 Å². The monoisotopic (exact) mass is 313 g/mol. The normalized spacial score (nSPS) is 14.5. The third-order valence-corrected chi connectivity index (χ3v) is 3.82. The smallest absolute Gasteiger partial charge is 0.251 e. The van der Waals surface area contributed by atoms with E-state index in [1.165, 1.54) is 6.42 Å². The van der Waals surface area contributed by atoms with Crippen molar-refractivity contribution in [2.75, 3.05) is 23.7 Å². The van der Waals surface area contributed by atoms with Crippen molar-refractivity contribution in [3.05, 3.63) is 40.8 Å². The third kappa shape index (κ3) is 3.56. The van der Waals surface area contributed by atoms with Gasteiger partial charge in [-0.05, 0) is 30.0 Å². The van der Waals surface area contributed by atoms with Gasteiger partial charge in [-0.25, -0.2) is 0 Å². The maximum absolute atomic E-state index is 11.3. The van der Waals surface area contributed by atoms with E-state index in [1.54, 1.807) is 0 Å². The van der Waals surface area contributed by atoms with Crippen LogP contribution < -0.4 is 15.4 Å². The Kier molecular flexibility index (Phi) is 4.65. The number of nitrogen functional groups attached to an aromatic ring is 1. The molecule has 120 valence electrons. The first kappa shape index (κ1) is 15.2. The van der Waals surface area contributed by atoms with Crippen molar-refractivity contribution in [1.29, 1.82) is 0 Å². The molecule has 1 aliphatic heterocycles. The van der Waals surface area contributed by atoms with Gasteiger partial charge in [-0.1, -0.05) is 30.3 Å². The van der Waals surface area contributed by atoms with E-state index in [4.69, 9.17) is 10.5 Å². The summed E-state index contributed by atoms with van der Waals surface area (Å²) in [7, 11) is 0. The average molecular weight is 313 g/mol. The fraction of sp³-hybridized carbons (Fsp3) is 0.375. The first-order chi connectivity index (χ1) is 11.3. The van der Waals surface area contributed by atoms with E-state index < -0.39 is 0 Å². The maximum atomic E-state index is 11.3. The molecule has 1 saturated heterocycles. The topological polar surface area (TPSA) is 93.7 Å². The summed E-state index contributed by atoms with van der Waals surface area (Å²) in [5.41, 5.74) is 6.88. The Morgan fingerprint density at radius 1 is 1.13 bits per heavy atom. The molecule has 2 aromatic rings. The van der Waals surface area contributed by atoms with Crippen LogP contribution in [0.4, 0.5) is 17.5 Å². The molecule has 1 aromatic carbocycles. The zero-order chi connectivity index (χ0) is 16.1. The molecule has 2 heterocycles. The van der Waals surface area contributed by atoms with E-state index in [2.05, 4.69) is 15.1 Å². The predicted octanol–water partition coefficient (Wildman–Crippen LogP) is 3.03. The van der Waals surface area contributed by atoms with Gasteiger partial charge in [0.1, 0.15) is 6.61 Å². The SMILES string of the molecule is Nc1nc(OCc2ccccc2)c(N=O)c(N2CCCCC2)n1. The van der Waals surface area contributed by atoms with Crippen LogP contribution in [0.5, 0.6) is 5.88 Å². The highest BCUT2D eigenvalue weighted by Crippen LogP contribution is 2.37. The standard InChI is InChI=1S/C16H19N5O2/c17-16-18-14(21-9-5-2-6-10-21)13(20-22)15(19-16)23-11-12-7-3-1-4-8-12/h1,3-4,7-8H,2,5-6,9-11H2,(H2,17,18,19). The number of benzene rings is 1. The number of rotatable bonds is 5. The molecule has 3 rings (SSSR count). The van der Waals surface area contributed by atoms with Crippen LogP contribution in [0.25, 0.3) is 0 Å². The van der Waals surface area contributed by atoms with Crippen LogP contribution in [0.1, 0.15) is 24.8 Å². The molecule has 7 nitrogen and oxygen atoms in total. The van der Waals surface area contributed by atoms with Crippen LogP contribution in [0.3, 0.4) is 0 Å². The summed E-state index contributed by atoms with van der Waals surface area (Å²) < 4.78 is 5.67. The number of hydrogen-bond donors (Lipinski definition) is 1. The molecular formula is C16H19N5O2. The fourth-order valence-electron chi connectivity index (χ4n) is 2.67. The van der Waals surface area contributed by atoms with E-state index in [0.29, 0.717) is 12.4 Å². The molecule has 1 fully saturated rings. The van der Waals surface area contributed by atoms with E-state index >= 15 is 0 Å². The molecule has 0 atom stereocenters. The first-order valence-electron chi connectivity index (χ1n) is 7.70. The minimum Gasteiger partial charge on any atom is -0.471 e. The number of ether oxygens (including phenoxy) is 1. The largest absolute Gasteiger partial charge is 0.471 e. The number of piperidine rings is 1. The lowest BCUT2D eigenvalue weighted by atomic mass is 10.1. The quantitative estimate of drug-likeness (QED) is 0.853. The van der Waals surface area contributed by atoms with E-state index in [0.717, 1.165) is 31.5 Å². The Balaban J connectivity index is 1.86. The van der Waals surface area contributed by atoms with Crippen molar-refractivity contribution >= 4 is 17.5 Å². The molecule has 2 N–H and O–H groups in total. The van der Waals surface area contributed by atoms with Crippen molar-refractivity contribution in [3.63, 3.8) is 0 Å². The number of aromatic nitrogens is 2. The number of nitroso groups, excluding NO2 is 1. The summed E-state index contributed by atoms with van der Waals surface area (Å²) in [5, 5.41) is 3.10. The number of nitrogens with two attached hydrogens (primary N) is 1. The Bertz CT molecular complexity index is 672. The molecule has 0 saturated carbocycles. The predicted molar refractivity (Wildman–Crippen MR) is 88.7 cm³/mol. The lowest BCUT2D eigenvalue weighted by Gasteiger charge is -2.28. The van der Waals surface area contributed by atoms with Crippen LogP contribution in [0.2, 0.25) is 0 Å². The van der Waals surface area contributed by atoms with Gasteiger partial charge < -0.3 is 15.4 Å². The highest BCUT2D eigenvalue weighted by molar-refractivity contribution is 5.69. The summed E-state index contributed by atoms with van der Waals surface area (Å²) in [6, 6.07) is 9.64. The minimum atomic E-state index is 0.0843. The van der Waals surface area contributed by atoms with Gasteiger partial charge in [0.05, 0.1) is 0 Å². The van der Waals surface area contributed by atoms with Gasteiger partial charge in [0.25, 0.3) is 5.88 Å². The summed E-state index contributed by atoms with van der Waals surface area (Å²) in [4.78, 5) is 21.6. The van der Waals surface area contributed by atoms with Gasteiger partial charge in [-0.3, -0.25) is 0 Å². The minimum absolute atomic E-state index is 0.0843. The molecule has 7 heteroatoms. The Hall–Kier alpha value is -2.70. The molecule has 1 aliphatic rings. The number of hydrogen-bond acceptors (Lipinski definition) is 7. The van der Waals surface area contributed by atoms with Crippen LogP contribution in [-0.4, -0.2) is 23.1 Å². The fourth-order valence-corrected chi connectivity index (χ4v) is 2.67. The van der Waals surface area contributed by atoms with Gasteiger partial charge in [0.15, 0.2) is 5.82 Å². The van der Waals surface area contributed by atoms with Gasteiger partial charge in [0.2, 0.25) is 11.6 Å². The van der Waals surface area contributed by atoms with E-state index in [9.17, 15) is 4.91 Å². The second-order valence-corrected chi connectivity index (χ2v) is 5.47. The zero-order valence-electron chi connectivity index (χ0n) is 12.8. The molecule has 0 aliphatic carbocycles. The van der Waals surface area contributed by atoms with E-state index in [1.807, 2.05) is 35.2 Å². The maximum Gasteiger partial charge on any atom is 0.251 e. The summed E-state index contributed by atoms with van der Waals surface area (Å²) in [5.74, 6) is 0.688. The summed E-state index contributed by atoms with van der Waals surface area (Å²) in [6.45, 7) is 1.95. The van der Waals surface area contributed by atoms with Crippen molar-refractivity contribution in [2.24, 2.45) is 5.18 Å². The van der Waals surface area contributed by atoms with Crippen LogP contribution in [-0.2, 0) is 6.61 Å². The van der Waals surface area contributed by atoms with Crippen LogP contribution in [0, 0.1) is 4.91 Å². The molecule has 0 spiro atoms. The molecule has 23 heavy (non-hydrogen) atoms. The van der Waals surface area contributed by atoms with E-state index in [-0.39, 0.29) is 17.5 Å². The zero-order valence-corrected chi connectivity index (χ0v) is 12.8. The average Bonchev–Trinajstić information content (AvgIpc) is 2.61. The van der Waals surface area contributed by atoms with Crippen molar-refractivity contribution in [1.82, 2.24) is 9.97 Å². The number of anilines is 2. The number of nitrogens with zero attached hydrogens (tertiary/aromatic N) is 4. The molecule has 0 amide bonds.